The Kier molecular flexibility index (Phi) is 9.06. The maximum Gasteiger partial charge on any atom is 0.332 e. The molecule has 0 aliphatic heterocycles. The minimum Gasteiger partial charge on any atom is -0.493 e. The van der Waals surface area contributed by atoms with E-state index in [1.54, 1.807) is 18.2 Å². The first kappa shape index (κ1) is 19.6. The summed E-state index contributed by atoms with van der Waals surface area (Å²) >= 11 is 0. The lowest BCUT2D eigenvalue weighted by Gasteiger charge is -2.09. The number of hydrogen-bond acceptors (Lipinski definition) is 5. The van der Waals surface area contributed by atoms with Crippen molar-refractivity contribution in [3.05, 3.63) is 29.8 Å². The lowest BCUT2D eigenvalue weighted by Crippen LogP contribution is -2.03. The fraction of sp³-hybridized carbons (Fsp3) is 0.474. The third kappa shape index (κ3) is 6.33. The molecule has 5 nitrogen and oxygen atoms in total. The molecule has 24 heavy (non-hydrogen) atoms. The highest BCUT2D eigenvalue weighted by atomic mass is 16.5. The van der Waals surface area contributed by atoms with Gasteiger partial charge in [0, 0.05) is 6.08 Å². The minimum absolute atomic E-state index is 0.229. The van der Waals surface area contributed by atoms with Gasteiger partial charge < -0.3 is 14.2 Å². The van der Waals surface area contributed by atoms with E-state index in [0.717, 1.165) is 19.3 Å². The second-order valence-corrected chi connectivity index (χ2v) is 5.32. The van der Waals surface area contributed by atoms with Crippen LogP contribution in [-0.2, 0) is 9.53 Å². The Morgan fingerprint density at radius 2 is 1.83 bits per heavy atom. The fourth-order valence-electron chi connectivity index (χ4n) is 2.22. The fourth-order valence-corrected chi connectivity index (χ4v) is 2.22. The molecule has 0 aliphatic rings. The maximum absolute atomic E-state index is 11.8. The smallest absolute Gasteiger partial charge is 0.332 e. The number of methoxy groups -OCH3 is 2. The van der Waals surface area contributed by atoms with Gasteiger partial charge in [0.2, 0.25) is 0 Å². The maximum atomic E-state index is 11.8. The summed E-state index contributed by atoms with van der Waals surface area (Å²) in [5.74, 6) is 0.561. The number of benzene rings is 1. The number of carbonyl (C=O) groups is 1. The molecule has 0 fully saturated rings. The van der Waals surface area contributed by atoms with E-state index in [2.05, 4.69) is 6.92 Å². The number of nitrogens with zero attached hydrogens (tertiary/aromatic N) is 1. The number of rotatable bonds is 10. The van der Waals surface area contributed by atoms with Crippen molar-refractivity contribution in [3.8, 4) is 17.6 Å². The van der Waals surface area contributed by atoms with Gasteiger partial charge in [-0.3, -0.25) is 0 Å². The molecule has 5 heteroatoms. The van der Waals surface area contributed by atoms with Crippen LogP contribution in [0.4, 0.5) is 0 Å². The first-order valence-electron chi connectivity index (χ1n) is 8.17. The van der Waals surface area contributed by atoms with E-state index < -0.39 is 5.97 Å². The standard InChI is InChI=1S/C19H25NO4/c1-4-5-6-7-8-11-24-19(21)13-16(14-20)15-9-10-17(22-2)18(12-15)23-3/h9-10,12-13H,4-8,11H2,1-3H3. The average molecular weight is 331 g/mol. The summed E-state index contributed by atoms with van der Waals surface area (Å²) in [5, 5.41) is 9.29. The van der Waals surface area contributed by atoms with Crippen LogP contribution in [0.15, 0.2) is 24.3 Å². The van der Waals surface area contributed by atoms with Gasteiger partial charge in [-0.05, 0) is 30.2 Å². The molecule has 130 valence electrons. The van der Waals surface area contributed by atoms with Crippen molar-refractivity contribution in [2.45, 2.75) is 39.0 Å². The highest BCUT2D eigenvalue weighted by Gasteiger charge is 2.10. The van der Waals surface area contributed by atoms with Gasteiger partial charge in [-0.25, -0.2) is 4.79 Å². The molecule has 0 spiro atoms. The Hall–Kier alpha value is -2.48. The number of allylic oxidation sites excluding steroid dienone is 1. The third-order valence-corrected chi connectivity index (χ3v) is 3.57. The van der Waals surface area contributed by atoms with Gasteiger partial charge in [0.15, 0.2) is 11.5 Å². The van der Waals surface area contributed by atoms with E-state index in [1.165, 1.54) is 33.1 Å². The van der Waals surface area contributed by atoms with Crippen LogP contribution in [0.2, 0.25) is 0 Å². The Labute approximate surface area is 143 Å². The zero-order valence-electron chi connectivity index (χ0n) is 14.6. The minimum atomic E-state index is -0.503. The second-order valence-electron chi connectivity index (χ2n) is 5.32. The summed E-state index contributed by atoms with van der Waals surface area (Å²) in [6.07, 6.45) is 6.64. The third-order valence-electron chi connectivity index (χ3n) is 3.57. The average Bonchev–Trinajstić information content (AvgIpc) is 2.61. The largest absolute Gasteiger partial charge is 0.493 e. The monoisotopic (exact) mass is 331 g/mol. The van der Waals surface area contributed by atoms with Crippen LogP contribution in [0.1, 0.15) is 44.6 Å². The second kappa shape index (κ2) is 11.1. The van der Waals surface area contributed by atoms with Gasteiger partial charge in [0.25, 0.3) is 0 Å². The SMILES string of the molecule is CCCCCCCOC(=O)C=C(C#N)c1ccc(OC)c(OC)c1. The van der Waals surface area contributed by atoms with E-state index in [4.69, 9.17) is 14.2 Å². The predicted molar refractivity (Wildman–Crippen MR) is 92.9 cm³/mol. The predicted octanol–water partition coefficient (Wildman–Crippen LogP) is 4.12. The van der Waals surface area contributed by atoms with Gasteiger partial charge in [-0.1, -0.05) is 32.6 Å². The lowest BCUT2D eigenvalue weighted by molar-refractivity contribution is -0.137. The number of esters is 1. The molecule has 0 heterocycles. The van der Waals surface area contributed by atoms with Crippen LogP contribution in [-0.4, -0.2) is 26.8 Å². The van der Waals surface area contributed by atoms with Crippen molar-refractivity contribution in [1.29, 1.82) is 5.26 Å². The zero-order chi connectivity index (χ0) is 17.8. The molecule has 0 aromatic heterocycles. The van der Waals surface area contributed by atoms with Gasteiger partial charge in [0.1, 0.15) is 6.07 Å². The molecule has 0 aliphatic carbocycles. The van der Waals surface area contributed by atoms with Gasteiger partial charge in [-0.2, -0.15) is 5.26 Å². The van der Waals surface area contributed by atoms with Crippen LogP contribution in [0.5, 0.6) is 11.5 Å². The first-order chi connectivity index (χ1) is 11.7. The summed E-state index contributed by atoms with van der Waals surface area (Å²) < 4.78 is 15.5. The molecule has 0 amide bonds. The van der Waals surface area contributed by atoms with E-state index >= 15 is 0 Å². The quantitative estimate of drug-likeness (QED) is 0.279. The normalized spacial score (nSPS) is 10.8. The van der Waals surface area contributed by atoms with E-state index in [1.807, 2.05) is 6.07 Å². The number of unbranched alkanes of at least 4 members (excludes halogenated alkanes) is 4. The van der Waals surface area contributed by atoms with Crippen molar-refractivity contribution in [1.82, 2.24) is 0 Å². The summed E-state index contributed by atoms with van der Waals surface area (Å²) in [4.78, 5) is 11.8. The molecule has 1 aromatic rings. The topological polar surface area (TPSA) is 68.6 Å². The summed E-state index contributed by atoms with van der Waals surface area (Å²) in [6, 6.07) is 7.07. The highest BCUT2D eigenvalue weighted by Crippen LogP contribution is 2.30. The summed E-state index contributed by atoms with van der Waals surface area (Å²) in [7, 11) is 3.06. The molecule has 0 atom stereocenters. The number of ether oxygens (including phenoxy) is 3. The van der Waals surface area contributed by atoms with Crippen molar-refractivity contribution >= 4 is 11.5 Å². The van der Waals surface area contributed by atoms with E-state index in [9.17, 15) is 10.1 Å². The van der Waals surface area contributed by atoms with Crippen LogP contribution < -0.4 is 9.47 Å². The highest BCUT2D eigenvalue weighted by molar-refractivity contribution is 5.95. The molecule has 0 unspecified atom stereocenters. The van der Waals surface area contributed by atoms with Crippen molar-refractivity contribution in [2.24, 2.45) is 0 Å². The van der Waals surface area contributed by atoms with Gasteiger partial charge >= 0.3 is 5.97 Å². The zero-order valence-corrected chi connectivity index (χ0v) is 14.6. The van der Waals surface area contributed by atoms with E-state index in [-0.39, 0.29) is 5.57 Å². The lowest BCUT2D eigenvalue weighted by atomic mass is 10.1. The molecule has 0 N–H and O–H groups in total. The Morgan fingerprint density at radius 3 is 2.46 bits per heavy atom. The van der Waals surface area contributed by atoms with Crippen LogP contribution in [0.3, 0.4) is 0 Å². The van der Waals surface area contributed by atoms with Gasteiger partial charge in [0.05, 0.1) is 26.4 Å². The molecular weight excluding hydrogens is 306 g/mol. The Morgan fingerprint density at radius 1 is 1.12 bits per heavy atom. The van der Waals surface area contributed by atoms with E-state index in [0.29, 0.717) is 23.7 Å². The summed E-state index contributed by atoms with van der Waals surface area (Å²) in [5.41, 5.74) is 0.807. The first-order valence-corrected chi connectivity index (χ1v) is 8.17. The number of carbonyl (C=O) groups excluding carboxylic acids is 1. The Balaban J connectivity index is 2.66. The van der Waals surface area contributed by atoms with Crippen LogP contribution in [0.25, 0.3) is 5.57 Å². The molecule has 0 saturated heterocycles. The van der Waals surface area contributed by atoms with Crippen molar-refractivity contribution in [3.63, 3.8) is 0 Å². The number of hydrogen-bond donors (Lipinski definition) is 0. The molecular formula is C19H25NO4. The van der Waals surface area contributed by atoms with Crippen molar-refractivity contribution < 1.29 is 19.0 Å². The summed E-state index contributed by atoms with van der Waals surface area (Å²) in [6.45, 7) is 2.53. The van der Waals surface area contributed by atoms with Crippen LogP contribution >= 0.6 is 0 Å². The molecule has 0 bridgehead atoms. The molecule has 1 rings (SSSR count). The number of nitriles is 1. The van der Waals surface area contributed by atoms with Gasteiger partial charge in [-0.15, -0.1) is 0 Å². The molecule has 0 radical (unpaired) electrons. The van der Waals surface area contributed by atoms with Crippen molar-refractivity contribution in [2.75, 3.05) is 20.8 Å². The van der Waals surface area contributed by atoms with Crippen LogP contribution in [0, 0.1) is 11.3 Å². The molecule has 1 aromatic carbocycles. The molecule has 0 saturated carbocycles. The Bertz CT molecular complexity index is 602.